The van der Waals surface area contributed by atoms with E-state index in [4.69, 9.17) is 11.6 Å². The smallest absolute Gasteiger partial charge is 0.354 e. The molecule has 0 unspecified atom stereocenters. The molecule has 0 spiro atoms. The second kappa shape index (κ2) is 6.94. The van der Waals surface area contributed by atoms with Crippen LogP contribution in [0.4, 0.5) is 0 Å². The summed E-state index contributed by atoms with van der Waals surface area (Å²) < 4.78 is 4.67. The first-order valence-corrected chi connectivity index (χ1v) is 7.11. The number of ether oxygens (including phenoxy) is 1. The standard InChI is InChI=1S/C14H22ClNO3/c1-14(2)9-10(14)12(17)16-11(13(18)19-3)7-5-4-6-8-15/h7,10H,4-6,8-9H2,1-3H3,(H,16,17)/b11-7-/t10-/m1/s1. The van der Waals surface area contributed by atoms with E-state index < -0.39 is 5.97 Å². The zero-order valence-electron chi connectivity index (χ0n) is 11.8. The molecule has 0 aromatic carbocycles. The van der Waals surface area contributed by atoms with E-state index in [1.54, 1.807) is 6.08 Å². The number of carbonyl (C=O) groups is 2. The molecular weight excluding hydrogens is 266 g/mol. The highest BCUT2D eigenvalue weighted by atomic mass is 35.5. The summed E-state index contributed by atoms with van der Waals surface area (Å²) >= 11 is 5.59. The Kier molecular flexibility index (Phi) is 5.85. The van der Waals surface area contributed by atoms with E-state index in [2.05, 4.69) is 10.1 Å². The topological polar surface area (TPSA) is 55.4 Å². The van der Waals surface area contributed by atoms with E-state index in [0.29, 0.717) is 12.3 Å². The van der Waals surface area contributed by atoms with Gasteiger partial charge in [0.2, 0.25) is 5.91 Å². The van der Waals surface area contributed by atoms with E-state index in [1.807, 2.05) is 13.8 Å². The molecule has 1 atom stereocenters. The fraction of sp³-hybridized carbons (Fsp3) is 0.714. The number of unbranched alkanes of at least 4 members (excludes halogenated alkanes) is 2. The summed E-state index contributed by atoms with van der Waals surface area (Å²) in [7, 11) is 1.31. The van der Waals surface area contributed by atoms with Crippen LogP contribution in [0, 0.1) is 11.3 Å². The number of methoxy groups -OCH3 is 1. The number of carbonyl (C=O) groups excluding carboxylic acids is 2. The molecule has 0 aliphatic heterocycles. The Hall–Kier alpha value is -1.03. The molecule has 1 aliphatic carbocycles. The third-order valence-electron chi connectivity index (χ3n) is 3.43. The van der Waals surface area contributed by atoms with E-state index in [-0.39, 0.29) is 22.9 Å². The molecule has 1 aliphatic rings. The van der Waals surface area contributed by atoms with Gasteiger partial charge in [-0.25, -0.2) is 4.79 Å². The lowest BCUT2D eigenvalue weighted by Gasteiger charge is -2.09. The first kappa shape index (κ1) is 16.0. The van der Waals surface area contributed by atoms with Crippen LogP contribution < -0.4 is 5.32 Å². The maximum absolute atomic E-state index is 12.0. The van der Waals surface area contributed by atoms with Crippen LogP contribution in [0.25, 0.3) is 0 Å². The Labute approximate surface area is 119 Å². The lowest BCUT2D eigenvalue weighted by Crippen LogP contribution is -2.30. The van der Waals surface area contributed by atoms with Crippen molar-refractivity contribution in [3.63, 3.8) is 0 Å². The largest absolute Gasteiger partial charge is 0.464 e. The summed E-state index contributed by atoms with van der Waals surface area (Å²) in [6, 6.07) is 0. The third kappa shape index (κ3) is 4.86. The van der Waals surface area contributed by atoms with Gasteiger partial charge in [-0.2, -0.15) is 0 Å². The number of hydrogen-bond donors (Lipinski definition) is 1. The number of amides is 1. The molecule has 108 valence electrons. The molecule has 1 N–H and O–H groups in total. The molecule has 5 heteroatoms. The van der Waals surface area contributed by atoms with Crippen molar-refractivity contribution in [3.05, 3.63) is 11.8 Å². The van der Waals surface area contributed by atoms with Crippen LogP contribution >= 0.6 is 11.6 Å². The number of halogens is 1. The van der Waals surface area contributed by atoms with Gasteiger partial charge in [0, 0.05) is 11.8 Å². The number of esters is 1. The Balaban J connectivity index is 2.55. The molecule has 0 radical (unpaired) electrons. The van der Waals surface area contributed by atoms with Crippen LogP contribution in [0.2, 0.25) is 0 Å². The van der Waals surface area contributed by atoms with Crippen molar-refractivity contribution in [1.29, 1.82) is 0 Å². The zero-order chi connectivity index (χ0) is 14.5. The van der Waals surface area contributed by atoms with Gasteiger partial charge in [-0.3, -0.25) is 4.79 Å². The molecule has 1 amide bonds. The minimum absolute atomic E-state index is 0.0107. The Morgan fingerprint density at radius 2 is 2.05 bits per heavy atom. The molecule has 0 aromatic rings. The van der Waals surface area contributed by atoms with Crippen molar-refractivity contribution in [2.45, 2.75) is 39.5 Å². The number of hydrogen-bond acceptors (Lipinski definition) is 3. The summed E-state index contributed by atoms with van der Waals surface area (Å²) in [5.41, 5.74) is 0.286. The third-order valence-corrected chi connectivity index (χ3v) is 3.70. The molecule has 1 fully saturated rings. The summed E-state index contributed by atoms with van der Waals surface area (Å²) in [4.78, 5) is 23.5. The molecular formula is C14H22ClNO3. The first-order valence-electron chi connectivity index (χ1n) is 6.57. The number of alkyl halides is 1. The highest BCUT2D eigenvalue weighted by Crippen LogP contribution is 2.51. The fourth-order valence-corrected chi connectivity index (χ4v) is 2.10. The average molecular weight is 288 g/mol. The van der Waals surface area contributed by atoms with Crippen LogP contribution in [-0.4, -0.2) is 24.9 Å². The van der Waals surface area contributed by atoms with E-state index >= 15 is 0 Å². The van der Waals surface area contributed by atoms with Crippen molar-refractivity contribution in [1.82, 2.24) is 5.32 Å². The van der Waals surface area contributed by atoms with Gasteiger partial charge in [-0.1, -0.05) is 19.9 Å². The van der Waals surface area contributed by atoms with Gasteiger partial charge < -0.3 is 10.1 Å². The van der Waals surface area contributed by atoms with Crippen LogP contribution in [0.15, 0.2) is 11.8 Å². The van der Waals surface area contributed by atoms with Gasteiger partial charge in [0.15, 0.2) is 0 Å². The Morgan fingerprint density at radius 3 is 2.53 bits per heavy atom. The van der Waals surface area contributed by atoms with Gasteiger partial charge in [0.05, 0.1) is 7.11 Å². The molecule has 0 bridgehead atoms. The maximum Gasteiger partial charge on any atom is 0.354 e. The van der Waals surface area contributed by atoms with Crippen molar-refractivity contribution >= 4 is 23.5 Å². The van der Waals surface area contributed by atoms with Gasteiger partial charge in [0.1, 0.15) is 5.70 Å². The molecule has 19 heavy (non-hydrogen) atoms. The Morgan fingerprint density at radius 1 is 1.42 bits per heavy atom. The van der Waals surface area contributed by atoms with Gasteiger partial charge >= 0.3 is 5.97 Å². The molecule has 4 nitrogen and oxygen atoms in total. The average Bonchev–Trinajstić information content (AvgIpc) is 3.01. The SMILES string of the molecule is COC(=O)/C(=C/CCCCCl)NC(=O)[C@H]1CC1(C)C. The predicted molar refractivity (Wildman–Crippen MR) is 74.7 cm³/mol. The predicted octanol–water partition coefficient (Wildman–Crippen LogP) is 2.61. The molecule has 0 heterocycles. The molecule has 1 rings (SSSR count). The van der Waals surface area contributed by atoms with E-state index in [1.165, 1.54) is 7.11 Å². The molecule has 1 saturated carbocycles. The number of nitrogens with one attached hydrogen (secondary N) is 1. The lowest BCUT2D eigenvalue weighted by molar-refractivity contribution is -0.138. The zero-order valence-corrected chi connectivity index (χ0v) is 12.5. The minimum Gasteiger partial charge on any atom is -0.464 e. The van der Waals surface area contributed by atoms with Gasteiger partial charge in [0.25, 0.3) is 0 Å². The first-order chi connectivity index (χ1) is 8.92. The molecule has 0 saturated heterocycles. The minimum atomic E-state index is -0.502. The van der Waals surface area contributed by atoms with Crippen molar-refractivity contribution in [2.24, 2.45) is 11.3 Å². The summed E-state index contributed by atoms with van der Waals surface area (Å²) in [5.74, 6) is -0.00983. The normalized spacial score (nSPS) is 20.8. The second-order valence-corrected chi connectivity index (χ2v) is 5.91. The van der Waals surface area contributed by atoms with Crippen LogP contribution in [0.5, 0.6) is 0 Å². The second-order valence-electron chi connectivity index (χ2n) is 5.53. The van der Waals surface area contributed by atoms with Gasteiger partial charge in [-0.05, 0) is 31.1 Å². The number of rotatable bonds is 7. The van der Waals surface area contributed by atoms with Crippen molar-refractivity contribution in [3.8, 4) is 0 Å². The van der Waals surface area contributed by atoms with E-state index in [0.717, 1.165) is 19.3 Å². The van der Waals surface area contributed by atoms with Gasteiger partial charge in [-0.15, -0.1) is 11.6 Å². The lowest BCUT2D eigenvalue weighted by atomic mass is 10.1. The Bertz CT molecular complexity index is 377. The van der Waals surface area contributed by atoms with Crippen LogP contribution in [0.3, 0.4) is 0 Å². The maximum atomic E-state index is 12.0. The summed E-state index contributed by atoms with van der Waals surface area (Å²) in [6.07, 6.45) is 5.04. The van der Waals surface area contributed by atoms with Crippen molar-refractivity contribution in [2.75, 3.05) is 13.0 Å². The van der Waals surface area contributed by atoms with Crippen LogP contribution in [0.1, 0.15) is 39.5 Å². The summed E-state index contributed by atoms with van der Waals surface area (Å²) in [6.45, 7) is 4.08. The van der Waals surface area contributed by atoms with E-state index in [9.17, 15) is 9.59 Å². The summed E-state index contributed by atoms with van der Waals surface area (Å²) in [5, 5.41) is 2.68. The highest BCUT2D eigenvalue weighted by molar-refractivity contribution is 6.17. The highest BCUT2D eigenvalue weighted by Gasteiger charge is 2.50. The monoisotopic (exact) mass is 287 g/mol. The number of allylic oxidation sites excluding steroid dienone is 1. The molecule has 0 aromatic heterocycles. The quantitative estimate of drug-likeness (QED) is 0.339. The van der Waals surface area contributed by atoms with Crippen LogP contribution in [-0.2, 0) is 14.3 Å². The fourth-order valence-electron chi connectivity index (χ4n) is 1.92. The van der Waals surface area contributed by atoms with Crippen molar-refractivity contribution < 1.29 is 14.3 Å².